The van der Waals surface area contributed by atoms with Crippen molar-refractivity contribution >= 4 is 23.4 Å². The highest BCUT2D eigenvalue weighted by Gasteiger charge is 2.10. The van der Waals surface area contributed by atoms with Gasteiger partial charge >= 0.3 is 0 Å². The van der Waals surface area contributed by atoms with E-state index in [4.69, 9.17) is 11.6 Å². The molecule has 1 heterocycles. The van der Waals surface area contributed by atoms with Crippen LogP contribution < -0.4 is 0 Å². The van der Waals surface area contributed by atoms with Crippen molar-refractivity contribution in [2.24, 2.45) is 0 Å². The number of pyridine rings is 1. The van der Waals surface area contributed by atoms with Crippen LogP contribution in [0.4, 0.5) is 4.39 Å². The Balaban J connectivity index is 2.51. The Labute approximate surface area is 129 Å². The number of benzene rings is 1. The third kappa shape index (κ3) is 3.82. The van der Waals surface area contributed by atoms with Gasteiger partial charge in [0.1, 0.15) is 5.82 Å². The summed E-state index contributed by atoms with van der Waals surface area (Å²) >= 11 is 6.13. The Bertz CT molecular complexity index is 622. The van der Waals surface area contributed by atoms with E-state index in [-0.39, 0.29) is 5.82 Å². The molecule has 0 fully saturated rings. The fourth-order valence-electron chi connectivity index (χ4n) is 2.20. The van der Waals surface area contributed by atoms with Gasteiger partial charge in [-0.05, 0) is 49.8 Å². The van der Waals surface area contributed by atoms with Crippen LogP contribution in [-0.4, -0.2) is 23.0 Å². The van der Waals surface area contributed by atoms with Gasteiger partial charge in [-0.15, -0.1) is 0 Å². The standard InChI is InChI=1S/C17H18ClFN2/c1-3-21(4-2)17(14-6-5-9-20-12-14)10-13-7-8-15(19)11-16(13)18/h5-12H,3-4H2,1-2H3. The molecule has 0 radical (unpaired) electrons. The van der Waals surface area contributed by atoms with Crippen LogP contribution in [-0.2, 0) is 0 Å². The van der Waals surface area contributed by atoms with Gasteiger partial charge in [-0.2, -0.15) is 0 Å². The van der Waals surface area contributed by atoms with Crippen LogP contribution in [0.1, 0.15) is 25.0 Å². The van der Waals surface area contributed by atoms with Crippen LogP contribution in [0, 0.1) is 5.82 Å². The first kappa shape index (κ1) is 15.5. The van der Waals surface area contributed by atoms with E-state index in [2.05, 4.69) is 23.7 Å². The van der Waals surface area contributed by atoms with Crippen molar-refractivity contribution in [1.82, 2.24) is 9.88 Å². The summed E-state index contributed by atoms with van der Waals surface area (Å²) in [6.07, 6.45) is 5.54. The van der Waals surface area contributed by atoms with Gasteiger partial charge in [0.15, 0.2) is 0 Å². The van der Waals surface area contributed by atoms with Crippen molar-refractivity contribution in [2.75, 3.05) is 13.1 Å². The number of rotatable bonds is 5. The third-order valence-electron chi connectivity index (χ3n) is 3.32. The van der Waals surface area contributed by atoms with Gasteiger partial charge in [0.05, 0.1) is 5.02 Å². The Hall–Kier alpha value is -1.87. The zero-order valence-corrected chi connectivity index (χ0v) is 12.9. The number of aromatic nitrogens is 1. The van der Waals surface area contributed by atoms with Gasteiger partial charge in [0, 0.05) is 36.7 Å². The number of hydrogen-bond donors (Lipinski definition) is 0. The average Bonchev–Trinajstić information content (AvgIpc) is 2.50. The van der Waals surface area contributed by atoms with Crippen molar-refractivity contribution in [1.29, 1.82) is 0 Å². The Morgan fingerprint density at radius 2 is 2.05 bits per heavy atom. The molecule has 1 aromatic carbocycles. The maximum Gasteiger partial charge on any atom is 0.124 e. The predicted molar refractivity (Wildman–Crippen MR) is 86.4 cm³/mol. The Morgan fingerprint density at radius 1 is 1.29 bits per heavy atom. The smallest absolute Gasteiger partial charge is 0.124 e. The molecule has 0 aliphatic heterocycles. The molecule has 0 aliphatic rings. The molecule has 0 spiro atoms. The van der Waals surface area contributed by atoms with Gasteiger partial charge in [-0.1, -0.05) is 17.7 Å². The summed E-state index contributed by atoms with van der Waals surface area (Å²) < 4.78 is 13.2. The summed E-state index contributed by atoms with van der Waals surface area (Å²) in [6.45, 7) is 5.94. The Morgan fingerprint density at radius 3 is 2.62 bits per heavy atom. The molecule has 0 bridgehead atoms. The average molecular weight is 305 g/mol. The number of halogens is 2. The fraction of sp³-hybridized carbons (Fsp3) is 0.235. The maximum absolute atomic E-state index is 13.2. The second-order valence-corrected chi connectivity index (χ2v) is 5.02. The molecule has 0 amide bonds. The van der Waals surface area contributed by atoms with Crippen LogP contribution in [0.5, 0.6) is 0 Å². The fourth-order valence-corrected chi connectivity index (χ4v) is 2.42. The van der Waals surface area contributed by atoms with E-state index < -0.39 is 0 Å². The third-order valence-corrected chi connectivity index (χ3v) is 3.64. The topological polar surface area (TPSA) is 16.1 Å². The summed E-state index contributed by atoms with van der Waals surface area (Å²) in [5.74, 6) is -0.331. The lowest BCUT2D eigenvalue weighted by atomic mass is 10.1. The zero-order chi connectivity index (χ0) is 15.2. The largest absolute Gasteiger partial charge is 0.372 e. The van der Waals surface area contributed by atoms with Crippen LogP contribution in [0.2, 0.25) is 5.02 Å². The summed E-state index contributed by atoms with van der Waals surface area (Å²) in [5, 5.41) is 0.406. The molecular formula is C17H18ClFN2. The molecule has 2 rings (SSSR count). The molecule has 0 saturated carbocycles. The van der Waals surface area contributed by atoms with Crippen LogP contribution in [0.25, 0.3) is 11.8 Å². The maximum atomic E-state index is 13.2. The van der Waals surface area contributed by atoms with Crippen molar-refractivity contribution < 1.29 is 4.39 Å². The minimum atomic E-state index is -0.331. The SMILES string of the molecule is CCN(CC)C(=Cc1ccc(F)cc1Cl)c1cccnc1. The molecule has 0 saturated heterocycles. The predicted octanol–water partition coefficient (Wildman–Crippen LogP) is 4.71. The monoisotopic (exact) mass is 304 g/mol. The minimum absolute atomic E-state index is 0.331. The number of hydrogen-bond acceptors (Lipinski definition) is 2. The van der Waals surface area contributed by atoms with Gasteiger partial charge < -0.3 is 4.90 Å². The van der Waals surface area contributed by atoms with Crippen LogP contribution in [0.15, 0.2) is 42.7 Å². The molecule has 110 valence electrons. The van der Waals surface area contributed by atoms with Gasteiger partial charge in [0.25, 0.3) is 0 Å². The molecule has 0 atom stereocenters. The first-order chi connectivity index (χ1) is 10.2. The van der Waals surface area contributed by atoms with Gasteiger partial charge in [0.2, 0.25) is 0 Å². The normalized spacial score (nSPS) is 11.5. The van der Waals surface area contributed by atoms with Crippen LogP contribution >= 0.6 is 11.6 Å². The van der Waals surface area contributed by atoms with Crippen molar-refractivity contribution in [2.45, 2.75) is 13.8 Å². The summed E-state index contributed by atoms with van der Waals surface area (Å²) in [5.41, 5.74) is 2.84. The van der Waals surface area contributed by atoms with E-state index in [1.807, 2.05) is 24.4 Å². The first-order valence-corrected chi connectivity index (χ1v) is 7.35. The summed E-state index contributed by atoms with van der Waals surface area (Å²) in [4.78, 5) is 6.39. The molecule has 0 N–H and O–H groups in total. The van der Waals surface area contributed by atoms with E-state index in [0.717, 1.165) is 29.9 Å². The van der Waals surface area contributed by atoms with Crippen molar-refractivity contribution in [3.63, 3.8) is 0 Å². The summed E-state index contributed by atoms with van der Waals surface area (Å²) in [7, 11) is 0. The molecule has 0 aliphatic carbocycles. The van der Waals surface area contributed by atoms with E-state index in [1.54, 1.807) is 12.3 Å². The second kappa shape index (κ2) is 7.23. The lowest BCUT2D eigenvalue weighted by Gasteiger charge is -2.25. The lowest BCUT2D eigenvalue weighted by Crippen LogP contribution is -2.21. The molecule has 2 nitrogen and oxygen atoms in total. The van der Waals surface area contributed by atoms with Gasteiger partial charge in [-0.3, -0.25) is 4.98 Å². The Kier molecular flexibility index (Phi) is 5.34. The number of nitrogens with zero attached hydrogens (tertiary/aromatic N) is 2. The highest BCUT2D eigenvalue weighted by molar-refractivity contribution is 6.32. The van der Waals surface area contributed by atoms with Gasteiger partial charge in [-0.25, -0.2) is 4.39 Å². The minimum Gasteiger partial charge on any atom is -0.372 e. The first-order valence-electron chi connectivity index (χ1n) is 6.97. The second-order valence-electron chi connectivity index (χ2n) is 4.61. The molecule has 21 heavy (non-hydrogen) atoms. The van der Waals surface area contributed by atoms with E-state index in [9.17, 15) is 4.39 Å². The molecule has 4 heteroatoms. The van der Waals surface area contributed by atoms with Crippen molar-refractivity contribution in [3.8, 4) is 0 Å². The highest BCUT2D eigenvalue weighted by Crippen LogP contribution is 2.26. The zero-order valence-electron chi connectivity index (χ0n) is 12.2. The quantitative estimate of drug-likeness (QED) is 0.795. The van der Waals surface area contributed by atoms with Crippen LogP contribution in [0.3, 0.4) is 0 Å². The van der Waals surface area contributed by atoms with E-state index in [1.165, 1.54) is 12.1 Å². The lowest BCUT2D eigenvalue weighted by molar-refractivity contribution is 0.443. The molecule has 1 aromatic heterocycles. The van der Waals surface area contributed by atoms with E-state index >= 15 is 0 Å². The summed E-state index contributed by atoms with van der Waals surface area (Å²) in [6, 6.07) is 8.35. The molecule has 0 unspecified atom stereocenters. The molecule has 2 aromatic rings. The highest BCUT2D eigenvalue weighted by atomic mass is 35.5. The van der Waals surface area contributed by atoms with Crippen molar-refractivity contribution in [3.05, 3.63) is 64.7 Å². The van der Waals surface area contributed by atoms with E-state index in [0.29, 0.717) is 5.02 Å². The molecular weight excluding hydrogens is 287 g/mol.